The highest BCUT2D eigenvalue weighted by atomic mass is 16.2. The van der Waals surface area contributed by atoms with E-state index in [0.717, 1.165) is 32.2 Å². The Balaban J connectivity index is 2.59. The molecule has 0 aliphatic heterocycles. The maximum atomic E-state index is 12.2. The molecule has 1 aliphatic carbocycles. The number of hydrogen-bond donors (Lipinski definition) is 0. The first-order valence-electron chi connectivity index (χ1n) is 7.96. The Hall–Kier alpha value is -1.31. The second kappa shape index (κ2) is 9.57. The number of rotatable bonds is 8. The molecule has 0 radical (unpaired) electrons. The van der Waals surface area contributed by atoms with Crippen molar-refractivity contribution < 1.29 is 4.79 Å². The molecule has 0 saturated heterocycles. The van der Waals surface area contributed by atoms with Gasteiger partial charge in [0, 0.05) is 12.6 Å². The SMILES string of the molecule is C/C=C\C(=O)N(CCC1=CC=CCC1)[C@@H](C)CCCC. The van der Waals surface area contributed by atoms with Crippen LogP contribution in [-0.2, 0) is 4.79 Å². The number of carbonyl (C=O) groups excluding carboxylic acids is 1. The Bertz CT molecular complexity index is 379. The van der Waals surface area contributed by atoms with Gasteiger partial charge in [-0.05, 0) is 45.6 Å². The van der Waals surface area contributed by atoms with Gasteiger partial charge in [-0.3, -0.25) is 4.79 Å². The van der Waals surface area contributed by atoms with Crippen molar-refractivity contribution in [2.45, 2.75) is 65.3 Å². The molecule has 0 N–H and O–H groups in total. The summed E-state index contributed by atoms with van der Waals surface area (Å²) in [6, 6.07) is 0.332. The van der Waals surface area contributed by atoms with Crippen LogP contribution in [-0.4, -0.2) is 23.4 Å². The Kier molecular flexibility index (Phi) is 8.01. The minimum Gasteiger partial charge on any atom is -0.336 e. The third kappa shape index (κ3) is 5.77. The van der Waals surface area contributed by atoms with Crippen molar-refractivity contribution >= 4 is 5.91 Å². The van der Waals surface area contributed by atoms with E-state index in [9.17, 15) is 4.79 Å². The van der Waals surface area contributed by atoms with Crippen LogP contribution in [0.2, 0.25) is 0 Å². The van der Waals surface area contributed by atoms with Gasteiger partial charge in [0.15, 0.2) is 0 Å². The summed E-state index contributed by atoms with van der Waals surface area (Å²) in [7, 11) is 0. The molecule has 0 bridgehead atoms. The fourth-order valence-electron chi connectivity index (χ4n) is 2.57. The van der Waals surface area contributed by atoms with E-state index in [-0.39, 0.29) is 5.91 Å². The Morgan fingerprint density at radius 1 is 1.50 bits per heavy atom. The summed E-state index contributed by atoms with van der Waals surface area (Å²) in [5, 5.41) is 0. The fourth-order valence-corrected chi connectivity index (χ4v) is 2.57. The van der Waals surface area contributed by atoms with Crippen molar-refractivity contribution in [2.75, 3.05) is 6.54 Å². The van der Waals surface area contributed by atoms with Crippen molar-refractivity contribution in [1.82, 2.24) is 4.90 Å². The first-order chi connectivity index (χ1) is 9.69. The van der Waals surface area contributed by atoms with Crippen LogP contribution < -0.4 is 0 Å². The molecule has 2 heteroatoms. The Labute approximate surface area is 124 Å². The van der Waals surface area contributed by atoms with Gasteiger partial charge in [-0.2, -0.15) is 0 Å². The van der Waals surface area contributed by atoms with Crippen LogP contribution in [0.3, 0.4) is 0 Å². The van der Waals surface area contributed by atoms with E-state index >= 15 is 0 Å². The summed E-state index contributed by atoms with van der Waals surface area (Å²) < 4.78 is 0. The van der Waals surface area contributed by atoms with E-state index in [2.05, 4.69) is 32.1 Å². The molecule has 0 aromatic rings. The second-order valence-corrected chi connectivity index (χ2v) is 5.56. The number of unbranched alkanes of at least 4 members (excludes halogenated alkanes) is 1. The molecule has 0 spiro atoms. The van der Waals surface area contributed by atoms with Crippen LogP contribution >= 0.6 is 0 Å². The molecule has 1 amide bonds. The first-order valence-corrected chi connectivity index (χ1v) is 7.96. The number of nitrogens with zero attached hydrogens (tertiary/aromatic N) is 1. The number of amides is 1. The van der Waals surface area contributed by atoms with Crippen molar-refractivity contribution in [3.63, 3.8) is 0 Å². The minimum atomic E-state index is 0.156. The van der Waals surface area contributed by atoms with E-state index in [1.165, 1.54) is 18.4 Å². The van der Waals surface area contributed by atoms with Gasteiger partial charge in [0.2, 0.25) is 5.91 Å². The molecule has 1 rings (SSSR count). The zero-order valence-corrected chi connectivity index (χ0v) is 13.3. The van der Waals surface area contributed by atoms with Crippen LogP contribution in [0.5, 0.6) is 0 Å². The first kappa shape index (κ1) is 16.7. The Morgan fingerprint density at radius 2 is 2.30 bits per heavy atom. The molecule has 0 aromatic heterocycles. The van der Waals surface area contributed by atoms with Crippen LogP contribution in [0.15, 0.2) is 36.0 Å². The predicted octanol–water partition coefficient (Wildman–Crippen LogP) is 4.64. The molecular weight excluding hydrogens is 246 g/mol. The molecule has 0 unspecified atom stereocenters. The predicted molar refractivity (Wildman–Crippen MR) is 86.6 cm³/mol. The average Bonchev–Trinajstić information content (AvgIpc) is 2.46. The third-order valence-corrected chi connectivity index (χ3v) is 3.87. The summed E-state index contributed by atoms with van der Waals surface area (Å²) in [6.45, 7) is 7.12. The van der Waals surface area contributed by atoms with Crippen LogP contribution in [0.1, 0.15) is 59.3 Å². The maximum Gasteiger partial charge on any atom is 0.246 e. The molecular formula is C18H29NO. The summed E-state index contributed by atoms with van der Waals surface area (Å²) in [5.41, 5.74) is 1.47. The lowest BCUT2D eigenvalue weighted by atomic mass is 10.0. The molecule has 0 aromatic carbocycles. The summed E-state index contributed by atoms with van der Waals surface area (Å²) in [6.07, 6.45) is 16.8. The fraction of sp³-hybridized carbons (Fsp3) is 0.611. The van der Waals surface area contributed by atoms with E-state index in [1.807, 2.05) is 17.9 Å². The highest BCUT2D eigenvalue weighted by Crippen LogP contribution is 2.18. The van der Waals surface area contributed by atoms with Gasteiger partial charge in [0.25, 0.3) is 0 Å². The zero-order chi connectivity index (χ0) is 14.8. The van der Waals surface area contributed by atoms with Gasteiger partial charge < -0.3 is 4.90 Å². The maximum absolute atomic E-state index is 12.2. The van der Waals surface area contributed by atoms with Gasteiger partial charge in [0.1, 0.15) is 0 Å². The van der Waals surface area contributed by atoms with E-state index < -0.39 is 0 Å². The van der Waals surface area contributed by atoms with Crippen LogP contribution in [0.4, 0.5) is 0 Å². The van der Waals surface area contributed by atoms with Crippen LogP contribution in [0, 0.1) is 0 Å². The molecule has 2 nitrogen and oxygen atoms in total. The van der Waals surface area contributed by atoms with Crippen LogP contribution in [0.25, 0.3) is 0 Å². The molecule has 1 aliphatic rings. The highest BCUT2D eigenvalue weighted by Gasteiger charge is 2.17. The monoisotopic (exact) mass is 275 g/mol. The van der Waals surface area contributed by atoms with Crippen molar-refractivity contribution in [1.29, 1.82) is 0 Å². The minimum absolute atomic E-state index is 0.156. The molecule has 0 fully saturated rings. The molecule has 1 atom stereocenters. The normalized spacial score (nSPS) is 16.2. The van der Waals surface area contributed by atoms with Crippen molar-refractivity contribution in [3.8, 4) is 0 Å². The second-order valence-electron chi connectivity index (χ2n) is 5.56. The average molecular weight is 275 g/mol. The molecule has 0 heterocycles. The standard InChI is InChI=1S/C18H29NO/c1-4-6-11-16(3)19(18(20)10-5-2)15-14-17-12-8-7-9-13-17/h5,7-8,10,12,16H,4,6,9,11,13-15H2,1-3H3/b10-5-/t16-/m0/s1. The number of carbonyl (C=O) groups is 1. The topological polar surface area (TPSA) is 20.3 Å². The lowest BCUT2D eigenvalue weighted by Gasteiger charge is -2.29. The van der Waals surface area contributed by atoms with Crippen molar-refractivity contribution in [3.05, 3.63) is 36.0 Å². The van der Waals surface area contributed by atoms with Gasteiger partial charge in [-0.15, -0.1) is 0 Å². The van der Waals surface area contributed by atoms with E-state index in [1.54, 1.807) is 6.08 Å². The zero-order valence-electron chi connectivity index (χ0n) is 13.3. The van der Waals surface area contributed by atoms with Gasteiger partial charge in [0.05, 0.1) is 0 Å². The molecule has 112 valence electrons. The Morgan fingerprint density at radius 3 is 2.90 bits per heavy atom. The third-order valence-electron chi connectivity index (χ3n) is 3.87. The smallest absolute Gasteiger partial charge is 0.246 e. The summed E-state index contributed by atoms with van der Waals surface area (Å²) in [5.74, 6) is 0.156. The highest BCUT2D eigenvalue weighted by molar-refractivity contribution is 5.87. The van der Waals surface area contributed by atoms with E-state index in [4.69, 9.17) is 0 Å². The quantitative estimate of drug-likeness (QED) is 0.591. The number of hydrogen-bond acceptors (Lipinski definition) is 1. The molecule has 20 heavy (non-hydrogen) atoms. The lowest BCUT2D eigenvalue weighted by molar-refractivity contribution is -0.128. The largest absolute Gasteiger partial charge is 0.336 e. The summed E-state index contributed by atoms with van der Waals surface area (Å²) >= 11 is 0. The lowest BCUT2D eigenvalue weighted by Crippen LogP contribution is -2.38. The molecule has 0 saturated carbocycles. The van der Waals surface area contributed by atoms with Gasteiger partial charge in [-0.1, -0.05) is 49.6 Å². The van der Waals surface area contributed by atoms with Gasteiger partial charge in [-0.25, -0.2) is 0 Å². The van der Waals surface area contributed by atoms with E-state index in [0.29, 0.717) is 6.04 Å². The van der Waals surface area contributed by atoms with Gasteiger partial charge >= 0.3 is 0 Å². The number of allylic oxidation sites excluding steroid dienone is 4. The van der Waals surface area contributed by atoms with Crippen molar-refractivity contribution in [2.24, 2.45) is 0 Å². The summed E-state index contributed by atoms with van der Waals surface area (Å²) in [4.78, 5) is 14.3.